The highest BCUT2D eigenvalue weighted by Gasteiger charge is 2.22. The van der Waals surface area contributed by atoms with E-state index in [1.807, 2.05) is 23.6 Å². The van der Waals surface area contributed by atoms with Crippen LogP contribution in [0.1, 0.15) is 32.1 Å². The first kappa shape index (κ1) is 20.3. The molecule has 0 saturated heterocycles. The van der Waals surface area contributed by atoms with Crippen LogP contribution in [-0.2, 0) is 4.74 Å². The van der Waals surface area contributed by atoms with Gasteiger partial charge < -0.3 is 14.0 Å². The number of nitrogens with zero attached hydrogens (tertiary/aromatic N) is 1. The quantitative estimate of drug-likeness (QED) is 0.455. The number of halogens is 2. The molecule has 5 nitrogen and oxygen atoms in total. The molecular weight excluding hydrogens is 380 g/mol. The summed E-state index contributed by atoms with van der Waals surface area (Å²) in [6, 6.07) is 12.0. The molecule has 150 valence electrons. The molecule has 1 heterocycles. The Labute approximate surface area is 166 Å². The van der Waals surface area contributed by atoms with Crippen molar-refractivity contribution in [2.24, 2.45) is 0 Å². The summed E-state index contributed by atoms with van der Waals surface area (Å²) < 4.78 is 39.2. The molecule has 3 rings (SSSR count). The molecule has 0 N–H and O–H groups in total. The van der Waals surface area contributed by atoms with Gasteiger partial charge in [0.1, 0.15) is 22.9 Å². The molecule has 0 saturated carbocycles. The largest absolute Gasteiger partial charge is 0.497 e. The van der Waals surface area contributed by atoms with E-state index in [9.17, 15) is 18.4 Å². The van der Waals surface area contributed by atoms with Crippen LogP contribution in [0.5, 0.6) is 5.75 Å². The number of aromatic nitrogens is 1. The number of ketones is 1. The number of carbonyl (C=O) groups is 2. The maximum atomic E-state index is 13.7. The summed E-state index contributed by atoms with van der Waals surface area (Å²) in [7, 11) is 1.58. The third-order valence-electron chi connectivity index (χ3n) is 4.56. The lowest BCUT2D eigenvalue weighted by atomic mass is 10.1. The van der Waals surface area contributed by atoms with Crippen LogP contribution in [0, 0.1) is 25.5 Å². The highest BCUT2D eigenvalue weighted by molar-refractivity contribution is 6.00. The van der Waals surface area contributed by atoms with Crippen LogP contribution >= 0.6 is 0 Å². The zero-order valence-corrected chi connectivity index (χ0v) is 16.2. The molecule has 0 bridgehead atoms. The van der Waals surface area contributed by atoms with Crippen molar-refractivity contribution in [2.75, 3.05) is 13.7 Å². The van der Waals surface area contributed by atoms with E-state index >= 15 is 0 Å². The van der Waals surface area contributed by atoms with Gasteiger partial charge in [-0.1, -0.05) is 6.07 Å². The molecular formula is C22H19F2NO4. The van der Waals surface area contributed by atoms with Crippen LogP contribution in [-0.4, -0.2) is 30.0 Å². The predicted molar refractivity (Wildman–Crippen MR) is 103 cm³/mol. The first-order valence-corrected chi connectivity index (χ1v) is 8.81. The number of hydrogen-bond acceptors (Lipinski definition) is 4. The lowest BCUT2D eigenvalue weighted by Crippen LogP contribution is -2.17. The molecule has 0 fully saturated rings. The Morgan fingerprint density at radius 3 is 2.21 bits per heavy atom. The van der Waals surface area contributed by atoms with Crippen LogP contribution < -0.4 is 4.74 Å². The molecule has 0 atom stereocenters. The van der Waals surface area contributed by atoms with E-state index in [1.165, 1.54) is 0 Å². The Kier molecular flexibility index (Phi) is 5.77. The average Bonchev–Trinajstić information content (AvgIpc) is 3.00. The van der Waals surface area contributed by atoms with Gasteiger partial charge in [-0.3, -0.25) is 4.79 Å². The maximum Gasteiger partial charge on any atom is 0.344 e. The van der Waals surface area contributed by atoms with Crippen molar-refractivity contribution in [3.8, 4) is 11.4 Å². The summed E-state index contributed by atoms with van der Waals surface area (Å²) in [5, 5.41) is 0. The molecule has 0 spiro atoms. The standard InChI is InChI=1S/C22H19F2NO4/c1-13-11-17(14(2)25(13)15-7-9-16(28-3)10-8-15)20(26)12-29-22(27)21-18(23)5-4-6-19(21)24/h4-11H,12H2,1-3H3. The van der Waals surface area contributed by atoms with Crippen molar-refractivity contribution in [3.63, 3.8) is 0 Å². The number of Topliss-reactive ketones (excluding diaryl/α,β-unsaturated/α-hetero) is 1. The SMILES string of the molecule is COc1ccc(-n2c(C)cc(C(=O)COC(=O)c3c(F)cccc3F)c2C)cc1. The van der Waals surface area contributed by atoms with Crippen LogP contribution in [0.2, 0.25) is 0 Å². The fourth-order valence-corrected chi connectivity index (χ4v) is 3.15. The number of ether oxygens (including phenoxy) is 2. The van der Waals surface area contributed by atoms with Gasteiger partial charge in [0.2, 0.25) is 5.78 Å². The molecule has 2 aromatic carbocycles. The smallest absolute Gasteiger partial charge is 0.344 e. The highest BCUT2D eigenvalue weighted by Crippen LogP contribution is 2.23. The van der Waals surface area contributed by atoms with E-state index in [2.05, 4.69) is 0 Å². The summed E-state index contributed by atoms with van der Waals surface area (Å²) in [6.07, 6.45) is 0. The predicted octanol–water partition coefficient (Wildman–Crippen LogP) is 4.42. The molecule has 0 radical (unpaired) electrons. The van der Waals surface area contributed by atoms with Gasteiger partial charge in [0, 0.05) is 22.6 Å². The minimum Gasteiger partial charge on any atom is -0.497 e. The molecule has 0 aliphatic carbocycles. The minimum atomic E-state index is -1.22. The molecule has 0 aliphatic rings. The van der Waals surface area contributed by atoms with E-state index < -0.39 is 35.6 Å². The molecule has 0 aliphatic heterocycles. The Morgan fingerprint density at radius 2 is 1.62 bits per heavy atom. The number of aryl methyl sites for hydroxylation is 1. The normalized spacial score (nSPS) is 10.7. The van der Waals surface area contributed by atoms with Gasteiger partial charge in [0.15, 0.2) is 6.61 Å². The van der Waals surface area contributed by atoms with Gasteiger partial charge in [-0.05, 0) is 56.3 Å². The second-order valence-corrected chi connectivity index (χ2v) is 6.41. The summed E-state index contributed by atoms with van der Waals surface area (Å²) in [5.74, 6) is -3.07. The summed E-state index contributed by atoms with van der Waals surface area (Å²) in [4.78, 5) is 24.6. The van der Waals surface area contributed by atoms with Crippen molar-refractivity contribution in [1.82, 2.24) is 4.57 Å². The summed E-state index contributed by atoms with van der Waals surface area (Å²) >= 11 is 0. The van der Waals surface area contributed by atoms with E-state index in [0.29, 0.717) is 17.0 Å². The molecule has 3 aromatic rings. The summed E-state index contributed by atoms with van der Waals surface area (Å²) in [6.45, 7) is 2.98. The van der Waals surface area contributed by atoms with E-state index in [-0.39, 0.29) is 0 Å². The van der Waals surface area contributed by atoms with E-state index in [1.54, 1.807) is 32.2 Å². The van der Waals surface area contributed by atoms with Crippen LogP contribution in [0.15, 0.2) is 48.5 Å². The molecule has 0 unspecified atom stereocenters. The van der Waals surface area contributed by atoms with Crippen LogP contribution in [0.3, 0.4) is 0 Å². The van der Waals surface area contributed by atoms with Gasteiger partial charge >= 0.3 is 5.97 Å². The second-order valence-electron chi connectivity index (χ2n) is 6.41. The lowest BCUT2D eigenvalue weighted by molar-refractivity contribution is 0.0465. The topological polar surface area (TPSA) is 57.5 Å². The highest BCUT2D eigenvalue weighted by atomic mass is 19.1. The van der Waals surface area contributed by atoms with Crippen LogP contribution in [0.4, 0.5) is 8.78 Å². The van der Waals surface area contributed by atoms with E-state index in [4.69, 9.17) is 9.47 Å². The first-order chi connectivity index (χ1) is 13.8. The molecule has 1 aromatic heterocycles. The van der Waals surface area contributed by atoms with E-state index in [0.717, 1.165) is 29.6 Å². The number of benzene rings is 2. The second kappa shape index (κ2) is 8.26. The van der Waals surface area contributed by atoms with Gasteiger partial charge in [-0.2, -0.15) is 0 Å². The number of methoxy groups -OCH3 is 1. The van der Waals surface area contributed by atoms with Gasteiger partial charge in [-0.25, -0.2) is 13.6 Å². The Bertz CT molecular complexity index is 1050. The maximum absolute atomic E-state index is 13.7. The van der Waals surface area contributed by atoms with Crippen molar-refractivity contribution < 1.29 is 27.8 Å². The average molecular weight is 399 g/mol. The third-order valence-corrected chi connectivity index (χ3v) is 4.56. The minimum absolute atomic E-state index is 0.361. The monoisotopic (exact) mass is 399 g/mol. The number of carbonyl (C=O) groups excluding carboxylic acids is 2. The number of rotatable bonds is 6. The Balaban J connectivity index is 1.79. The van der Waals surface area contributed by atoms with Crippen LogP contribution in [0.25, 0.3) is 5.69 Å². The molecule has 29 heavy (non-hydrogen) atoms. The Hall–Kier alpha value is -3.48. The van der Waals surface area contributed by atoms with Crippen molar-refractivity contribution >= 4 is 11.8 Å². The fraction of sp³-hybridized carbons (Fsp3) is 0.182. The van der Waals surface area contributed by atoms with Gasteiger partial charge in [0.25, 0.3) is 0 Å². The zero-order valence-electron chi connectivity index (χ0n) is 16.2. The number of hydrogen-bond donors (Lipinski definition) is 0. The van der Waals surface area contributed by atoms with Crippen molar-refractivity contribution in [2.45, 2.75) is 13.8 Å². The molecule has 0 amide bonds. The first-order valence-electron chi connectivity index (χ1n) is 8.81. The van der Waals surface area contributed by atoms with Crippen molar-refractivity contribution in [1.29, 1.82) is 0 Å². The van der Waals surface area contributed by atoms with Gasteiger partial charge in [0.05, 0.1) is 7.11 Å². The summed E-state index contributed by atoms with van der Waals surface area (Å²) in [5.41, 5.74) is 1.85. The fourth-order valence-electron chi connectivity index (χ4n) is 3.15. The third kappa shape index (κ3) is 4.03. The van der Waals surface area contributed by atoms with Gasteiger partial charge in [-0.15, -0.1) is 0 Å². The molecule has 7 heteroatoms. The Morgan fingerprint density at radius 1 is 1.00 bits per heavy atom. The lowest BCUT2D eigenvalue weighted by Gasteiger charge is -2.11. The van der Waals surface area contributed by atoms with Crippen molar-refractivity contribution in [3.05, 3.63) is 82.7 Å². The number of esters is 1. The zero-order chi connectivity index (χ0) is 21.1.